The second-order valence-electron chi connectivity index (χ2n) is 2.60. The molecule has 0 heterocycles. The predicted octanol–water partition coefficient (Wildman–Crippen LogP) is 1.36. The molecule has 0 aliphatic heterocycles. The summed E-state index contributed by atoms with van der Waals surface area (Å²) in [5.41, 5.74) is 4.21. The van der Waals surface area contributed by atoms with E-state index in [-0.39, 0.29) is 16.3 Å². The molecule has 0 fully saturated rings. The van der Waals surface area contributed by atoms with E-state index in [2.05, 4.69) is 0 Å². The smallest absolute Gasteiger partial charge is 0.283 e. The molecule has 1 aromatic carbocycles. The molecule has 0 saturated heterocycles. The van der Waals surface area contributed by atoms with Gasteiger partial charge >= 0.3 is 0 Å². The number of hydrogen-bond donors (Lipinski definition) is 1. The van der Waals surface area contributed by atoms with E-state index in [0.717, 1.165) is 6.07 Å². The Morgan fingerprint density at radius 2 is 2.20 bits per heavy atom. The number of amides is 1. The highest BCUT2D eigenvalue weighted by Crippen LogP contribution is 2.33. The highest BCUT2D eigenvalue weighted by atomic mass is 35.5. The second-order valence-corrected chi connectivity index (χ2v) is 2.98. The van der Waals surface area contributed by atoms with Crippen molar-refractivity contribution in [2.45, 2.75) is 0 Å². The van der Waals surface area contributed by atoms with Crippen molar-refractivity contribution >= 4 is 23.2 Å². The van der Waals surface area contributed by atoms with Crippen molar-refractivity contribution in [2.75, 3.05) is 7.11 Å². The standard InChI is InChI=1S/C8H7ClN2O4/c1-15-5-3-2-4(11(13)14)6(7(5)9)8(10)12/h2-3H,1H3,(H2,10,12). The Morgan fingerprint density at radius 3 is 2.60 bits per heavy atom. The third kappa shape index (κ3) is 1.99. The maximum Gasteiger partial charge on any atom is 0.283 e. The van der Waals surface area contributed by atoms with Gasteiger partial charge in [0.2, 0.25) is 0 Å². The number of methoxy groups -OCH3 is 1. The Bertz CT molecular complexity index is 433. The SMILES string of the molecule is COc1ccc([N+](=O)[O-])c(C(N)=O)c1Cl. The molecule has 0 aliphatic rings. The average molecular weight is 231 g/mol. The van der Waals surface area contributed by atoms with Crippen molar-refractivity contribution in [3.05, 3.63) is 32.8 Å². The summed E-state index contributed by atoms with van der Waals surface area (Å²) in [6.07, 6.45) is 0. The summed E-state index contributed by atoms with van der Waals surface area (Å²) >= 11 is 5.72. The van der Waals surface area contributed by atoms with Gasteiger partial charge in [0.15, 0.2) is 0 Å². The van der Waals surface area contributed by atoms with Gasteiger partial charge < -0.3 is 10.5 Å². The first-order chi connectivity index (χ1) is 6.99. The molecule has 7 heteroatoms. The molecule has 0 atom stereocenters. The van der Waals surface area contributed by atoms with Crippen molar-refractivity contribution in [1.82, 2.24) is 0 Å². The molecular formula is C8H7ClN2O4. The van der Waals surface area contributed by atoms with Gasteiger partial charge in [-0.3, -0.25) is 14.9 Å². The van der Waals surface area contributed by atoms with E-state index in [0.29, 0.717) is 0 Å². The Labute approximate surface area is 89.7 Å². The minimum Gasteiger partial charge on any atom is -0.495 e. The molecule has 0 spiro atoms. The van der Waals surface area contributed by atoms with E-state index in [1.807, 2.05) is 0 Å². The summed E-state index contributed by atoms with van der Waals surface area (Å²) in [5.74, 6) is -0.804. The van der Waals surface area contributed by atoms with E-state index in [1.54, 1.807) is 0 Å². The van der Waals surface area contributed by atoms with Crippen LogP contribution >= 0.6 is 11.6 Å². The van der Waals surface area contributed by atoms with Crippen LogP contribution in [0.3, 0.4) is 0 Å². The second kappa shape index (κ2) is 4.14. The summed E-state index contributed by atoms with van der Waals surface area (Å²) < 4.78 is 4.81. The average Bonchev–Trinajstić information content (AvgIpc) is 2.16. The summed E-state index contributed by atoms with van der Waals surface area (Å²) in [6.45, 7) is 0. The van der Waals surface area contributed by atoms with Gasteiger partial charge in [0.05, 0.1) is 12.0 Å². The van der Waals surface area contributed by atoms with E-state index < -0.39 is 16.5 Å². The van der Waals surface area contributed by atoms with Crippen molar-refractivity contribution in [3.8, 4) is 5.75 Å². The van der Waals surface area contributed by atoms with Gasteiger partial charge in [-0.15, -0.1) is 0 Å². The molecule has 0 aliphatic carbocycles. The van der Waals surface area contributed by atoms with Crippen molar-refractivity contribution in [2.24, 2.45) is 5.73 Å². The van der Waals surface area contributed by atoms with Gasteiger partial charge in [0.1, 0.15) is 16.3 Å². The van der Waals surface area contributed by atoms with Crippen LogP contribution in [0.5, 0.6) is 5.75 Å². The number of nitrogens with zero attached hydrogens (tertiary/aromatic N) is 1. The van der Waals surface area contributed by atoms with Crippen LogP contribution in [0.2, 0.25) is 5.02 Å². The lowest BCUT2D eigenvalue weighted by Gasteiger charge is -2.06. The Balaban J connectivity index is 3.51. The van der Waals surface area contributed by atoms with E-state index in [9.17, 15) is 14.9 Å². The van der Waals surface area contributed by atoms with Crippen LogP contribution in [0.4, 0.5) is 5.69 Å². The van der Waals surface area contributed by atoms with Crippen LogP contribution in [0, 0.1) is 10.1 Å². The zero-order chi connectivity index (χ0) is 11.6. The van der Waals surface area contributed by atoms with Crippen LogP contribution in [-0.4, -0.2) is 17.9 Å². The van der Waals surface area contributed by atoms with Gasteiger partial charge in [-0.05, 0) is 6.07 Å². The monoisotopic (exact) mass is 230 g/mol. The van der Waals surface area contributed by atoms with E-state index in [4.69, 9.17) is 22.1 Å². The Hall–Kier alpha value is -1.82. The number of carbonyl (C=O) groups is 1. The number of nitrogens with two attached hydrogens (primary N) is 1. The maximum absolute atomic E-state index is 11.0. The van der Waals surface area contributed by atoms with Gasteiger partial charge in [-0.1, -0.05) is 11.6 Å². The first-order valence-corrected chi connectivity index (χ1v) is 4.17. The zero-order valence-electron chi connectivity index (χ0n) is 7.69. The van der Waals surface area contributed by atoms with Crippen LogP contribution in [0.25, 0.3) is 0 Å². The fraction of sp³-hybridized carbons (Fsp3) is 0.125. The molecule has 1 amide bonds. The van der Waals surface area contributed by atoms with Gasteiger partial charge in [-0.2, -0.15) is 0 Å². The quantitative estimate of drug-likeness (QED) is 0.626. The minimum atomic E-state index is -0.967. The van der Waals surface area contributed by atoms with Gasteiger partial charge in [0.25, 0.3) is 11.6 Å². The highest BCUT2D eigenvalue weighted by Gasteiger charge is 2.24. The lowest BCUT2D eigenvalue weighted by Crippen LogP contribution is -2.14. The first-order valence-electron chi connectivity index (χ1n) is 3.79. The van der Waals surface area contributed by atoms with Crippen LogP contribution in [0.1, 0.15) is 10.4 Å². The Morgan fingerprint density at radius 1 is 1.60 bits per heavy atom. The van der Waals surface area contributed by atoms with Crippen molar-refractivity contribution in [3.63, 3.8) is 0 Å². The molecule has 0 aromatic heterocycles. The molecule has 0 saturated carbocycles. The highest BCUT2D eigenvalue weighted by molar-refractivity contribution is 6.35. The number of primary amides is 1. The molecule has 0 unspecified atom stereocenters. The topological polar surface area (TPSA) is 95.5 Å². The fourth-order valence-corrected chi connectivity index (χ4v) is 1.42. The predicted molar refractivity (Wildman–Crippen MR) is 53.2 cm³/mol. The summed E-state index contributed by atoms with van der Waals surface area (Å²) in [6, 6.07) is 2.41. The van der Waals surface area contributed by atoms with Gasteiger partial charge in [0, 0.05) is 6.07 Å². The first kappa shape index (κ1) is 11.3. The number of nitro groups is 1. The number of ether oxygens (including phenoxy) is 1. The van der Waals surface area contributed by atoms with Crippen molar-refractivity contribution in [1.29, 1.82) is 0 Å². The fourth-order valence-electron chi connectivity index (χ4n) is 1.09. The lowest BCUT2D eigenvalue weighted by molar-refractivity contribution is -0.385. The molecule has 15 heavy (non-hydrogen) atoms. The van der Waals surface area contributed by atoms with Gasteiger partial charge in [-0.25, -0.2) is 0 Å². The normalized spacial score (nSPS) is 9.73. The van der Waals surface area contributed by atoms with Crippen LogP contribution in [0.15, 0.2) is 12.1 Å². The third-order valence-corrected chi connectivity index (χ3v) is 2.12. The number of benzene rings is 1. The molecule has 0 radical (unpaired) electrons. The summed E-state index contributed by atoms with van der Waals surface area (Å²) in [4.78, 5) is 20.8. The molecule has 1 aromatic rings. The number of nitro benzene ring substituents is 1. The maximum atomic E-state index is 11.0. The summed E-state index contributed by atoms with van der Waals surface area (Å²) in [5, 5.41) is 10.4. The summed E-state index contributed by atoms with van der Waals surface area (Å²) in [7, 11) is 1.33. The molecule has 1 rings (SSSR count). The third-order valence-electron chi connectivity index (χ3n) is 1.75. The molecule has 80 valence electrons. The molecular weight excluding hydrogens is 224 g/mol. The van der Waals surface area contributed by atoms with E-state index in [1.165, 1.54) is 13.2 Å². The number of rotatable bonds is 3. The number of carbonyl (C=O) groups excluding carboxylic acids is 1. The van der Waals surface area contributed by atoms with E-state index >= 15 is 0 Å². The minimum absolute atomic E-state index is 0.154. The lowest BCUT2D eigenvalue weighted by atomic mass is 10.1. The number of halogens is 1. The zero-order valence-corrected chi connectivity index (χ0v) is 8.45. The molecule has 6 nitrogen and oxygen atoms in total. The van der Waals surface area contributed by atoms with Crippen LogP contribution < -0.4 is 10.5 Å². The Kier molecular flexibility index (Phi) is 3.11. The molecule has 0 bridgehead atoms. The number of hydrogen-bond acceptors (Lipinski definition) is 4. The largest absolute Gasteiger partial charge is 0.495 e. The van der Waals surface area contributed by atoms with Crippen molar-refractivity contribution < 1.29 is 14.5 Å². The molecule has 2 N–H and O–H groups in total. The van der Waals surface area contributed by atoms with Crippen LogP contribution in [-0.2, 0) is 0 Å².